The molecule has 41 heavy (non-hydrogen) atoms. The highest BCUT2D eigenvalue weighted by atomic mass is 19.3. The van der Waals surface area contributed by atoms with Crippen LogP contribution in [0.2, 0.25) is 0 Å². The Morgan fingerprint density at radius 3 is 2.15 bits per heavy atom. The first-order valence-electron chi connectivity index (χ1n) is 13.7. The summed E-state index contributed by atoms with van der Waals surface area (Å²) in [4.78, 5) is 42.6. The van der Waals surface area contributed by atoms with Crippen LogP contribution in [0.4, 0.5) is 8.78 Å². The fourth-order valence-corrected chi connectivity index (χ4v) is 4.98. The molecule has 9 heteroatoms. The minimum Gasteiger partial charge on any atom is -0.388 e. The second-order valence-electron chi connectivity index (χ2n) is 10.8. The van der Waals surface area contributed by atoms with Gasteiger partial charge in [0.25, 0.3) is 17.5 Å². The average Bonchev–Trinajstić information content (AvgIpc) is 2.96. The van der Waals surface area contributed by atoms with Crippen LogP contribution < -0.4 is 5.56 Å². The third-order valence-electron chi connectivity index (χ3n) is 7.73. The Balaban J connectivity index is 1.52. The number of aliphatic hydroxyl groups is 1. The Morgan fingerprint density at radius 2 is 1.59 bits per heavy atom. The second kappa shape index (κ2) is 12.6. The Labute approximate surface area is 238 Å². The summed E-state index contributed by atoms with van der Waals surface area (Å²) < 4.78 is 28.6. The number of benzene rings is 2. The zero-order chi connectivity index (χ0) is 29.7. The van der Waals surface area contributed by atoms with Crippen molar-refractivity contribution in [3.63, 3.8) is 0 Å². The van der Waals surface area contributed by atoms with E-state index in [1.54, 1.807) is 30.1 Å². The van der Waals surface area contributed by atoms with Crippen LogP contribution in [0.3, 0.4) is 0 Å². The van der Waals surface area contributed by atoms with Crippen molar-refractivity contribution in [2.45, 2.75) is 51.3 Å². The van der Waals surface area contributed by atoms with Gasteiger partial charge < -0.3 is 19.5 Å². The first-order valence-corrected chi connectivity index (χ1v) is 13.7. The summed E-state index contributed by atoms with van der Waals surface area (Å²) in [6, 6.07) is 18.6. The molecule has 1 aromatic heterocycles. The number of carbonyl (C=O) groups excluding carboxylic acids is 2. The van der Waals surface area contributed by atoms with E-state index in [1.807, 2.05) is 44.2 Å². The molecular formula is C32H35F2N3O4. The van der Waals surface area contributed by atoms with Crippen molar-refractivity contribution in [1.29, 1.82) is 0 Å². The molecule has 0 aliphatic carbocycles. The van der Waals surface area contributed by atoms with E-state index >= 15 is 0 Å². The molecule has 0 bridgehead atoms. The lowest BCUT2D eigenvalue weighted by atomic mass is 9.90. The van der Waals surface area contributed by atoms with Crippen molar-refractivity contribution < 1.29 is 23.5 Å². The van der Waals surface area contributed by atoms with Gasteiger partial charge in [-0.25, -0.2) is 0 Å². The van der Waals surface area contributed by atoms with E-state index in [-0.39, 0.29) is 55.6 Å². The number of hydrogen-bond acceptors (Lipinski definition) is 4. The van der Waals surface area contributed by atoms with Gasteiger partial charge in [-0.1, -0.05) is 60.7 Å². The number of nitrogens with zero attached hydrogens (tertiary/aromatic N) is 3. The van der Waals surface area contributed by atoms with E-state index < -0.39 is 24.0 Å². The number of pyridine rings is 1. The fraction of sp³-hybridized carbons (Fsp3) is 0.344. The minimum absolute atomic E-state index is 0.0666. The molecule has 1 saturated heterocycles. The molecule has 3 aromatic rings. The molecule has 7 nitrogen and oxygen atoms in total. The predicted molar refractivity (Wildman–Crippen MR) is 154 cm³/mol. The van der Waals surface area contributed by atoms with Crippen LogP contribution in [0.1, 0.15) is 49.0 Å². The van der Waals surface area contributed by atoms with Crippen molar-refractivity contribution in [2.24, 2.45) is 0 Å². The van der Waals surface area contributed by atoms with Crippen molar-refractivity contribution >= 4 is 17.4 Å². The van der Waals surface area contributed by atoms with Crippen LogP contribution in [0.25, 0.3) is 16.7 Å². The highest BCUT2D eigenvalue weighted by Gasteiger charge is 2.35. The van der Waals surface area contributed by atoms with E-state index in [0.29, 0.717) is 16.7 Å². The van der Waals surface area contributed by atoms with Crippen molar-refractivity contribution in [3.05, 3.63) is 100 Å². The van der Waals surface area contributed by atoms with Gasteiger partial charge in [0.15, 0.2) is 0 Å². The zero-order valence-electron chi connectivity index (χ0n) is 23.5. The smallest absolute Gasteiger partial charge is 0.274 e. The number of amides is 2. The number of hydrogen-bond donors (Lipinski definition) is 1. The van der Waals surface area contributed by atoms with Crippen LogP contribution in [-0.4, -0.2) is 63.1 Å². The van der Waals surface area contributed by atoms with E-state index in [9.17, 15) is 28.3 Å². The molecular weight excluding hydrogens is 528 g/mol. The molecule has 1 aliphatic heterocycles. The molecule has 1 N–H and O–H groups in total. The minimum atomic E-state index is -1.90. The van der Waals surface area contributed by atoms with Crippen LogP contribution in [0, 0.1) is 0 Å². The number of rotatable bonds is 8. The number of piperidine rings is 1. The van der Waals surface area contributed by atoms with Gasteiger partial charge in [0.1, 0.15) is 0 Å². The first kappa shape index (κ1) is 29.9. The average molecular weight is 564 g/mol. The maximum Gasteiger partial charge on any atom is 0.274 e. The maximum atomic E-state index is 13.6. The Kier molecular flexibility index (Phi) is 9.18. The van der Waals surface area contributed by atoms with Gasteiger partial charge in [-0.15, -0.1) is 0 Å². The van der Waals surface area contributed by atoms with Gasteiger partial charge in [-0.2, -0.15) is 8.78 Å². The van der Waals surface area contributed by atoms with Gasteiger partial charge in [0.05, 0.1) is 24.1 Å². The van der Waals surface area contributed by atoms with Gasteiger partial charge >= 0.3 is 0 Å². The third kappa shape index (κ3) is 6.97. The van der Waals surface area contributed by atoms with E-state index in [0.717, 1.165) is 5.56 Å². The summed E-state index contributed by atoms with van der Waals surface area (Å²) in [5.74, 6) is -0.699. The Morgan fingerprint density at radius 1 is 1.00 bits per heavy atom. The van der Waals surface area contributed by atoms with E-state index in [1.165, 1.54) is 33.9 Å². The molecule has 0 unspecified atom stereocenters. The highest BCUT2D eigenvalue weighted by Crippen LogP contribution is 2.29. The molecule has 1 fully saturated rings. The lowest BCUT2D eigenvalue weighted by molar-refractivity contribution is -0.134. The summed E-state index contributed by atoms with van der Waals surface area (Å²) >= 11 is 0. The maximum absolute atomic E-state index is 13.6. The van der Waals surface area contributed by atoms with Gasteiger partial charge in [-0.05, 0) is 37.8 Å². The van der Waals surface area contributed by atoms with Crippen molar-refractivity contribution in [3.8, 4) is 11.1 Å². The van der Waals surface area contributed by atoms with Crippen LogP contribution in [-0.2, 0) is 11.3 Å². The number of carbonyl (C=O) groups is 2. The molecule has 216 valence electrons. The zero-order valence-corrected chi connectivity index (χ0v) is 23.5. The number of aromatic nitrogens is 1. The predicted octanol–water partition coefficient (Wildman–Crippen LogP) is 5.05. The molecule has 2 heterocycles. The largest absolute Gasteiger partial charge is 0.388 e. The van der Waals surface area contributed by atoms with Crippen LogP contribution >= 0.6 is 0 Å². The molecule has 2 aromatic carbocycles. The number of likely N-dealkylation sites (tertiary alicyclic amines) is 1. The number of halogens is 2. The van der Waals surface area contributed by atoms with E-state index in [2.05, 4.69) is 0 Å². The highest BCUT2D eigenvalue weighted by molar-refractivity contribution is 6.00. The fourth-order valence-electron chi connectivity index (χ4n) is 4.98. The summed E-state index contributed by atoms with van der Waals surface area (Å²) in [6.45, 7) is 4.04. The normalized spacial score (nSPS) is 14.6. The first-order chi connectivity index (χ1) is 19.5. The van der Waals surface area contributed by atoms with Gasteiger partial charge in [0.2, 0.25) is 5.91 Å². The van der Waals surface area contributed by atoms with Gasteiger partial charge in [0, 0.05) is 49.6 Å². The molecule has 0 spiro atoms. The topological polar surface area (TPSA) is 82.8 Å². The standard InChI is InChI=1S/C32H35F2N3O4/c1-22(2)35(3)31(40)27-20-37(29(39)18-25(27)23-10-6-4-7-11-23)21-32(41)14-16-36(17-15-32)28(38)19-26(30(33)34)24-12-8-5-9-13-24/h4-13,18,20,22,41H,14-17,19,21H2,1-3H3. The van der Waals surface area contributed by atoms with Crippen molar-refractivity contribution in [1.82, 2.24) is 14.4 Å². The molecule has 0 saturated carbocycles. The lowest BCUT2D eigenvalue weighted by Gasteiger charge is -2.38. The van der Waals surface area contributed by atoms with Crippen LogP contribution in [0.5, 0.6) is 0 Å². The molecule has 4 rings (SSSR count). The Hall–Kier alpha value is -4.11. The van der Waals surface area contributed by atoms with E-state index in [4.69, 9.17) is 0 Å². The summed E-state index contributed by atoms with van der Waals surface area (Å²) in [6.07, 6.45) is -0.528. The monoisotopic (exact) mass is 563 g/mol. The summed E-state index contributed by atoms with van der Waals surface area (Å²) in [7, 11) is 1.70. The summed E-state index contributed by atoms with van der Waals surface area (Å²) in [5.41, 5.74) is -0.114. The molecule has 1 aliphatic rings. The molecule has 0 radical (unpaired) electrons. The van der Waals surface area contributed by atoms with Gasteiger partial charge in [-0.3, -0.25) is 14.4 Å². The molecule has 0 atom stereocenters. The third-order valence-corrected chi connectivity index (χ3v) is 7.73. The van der Waals surface area contributed by atoms with Crippen molar-refractivity contribution in [2.75, 3.05) is 20.1 Å². The lowest BCUT2D eigenvalue weighted by Crippen LogP contribution is -2.49. The quantitative estimate of drug-likeness (QED) is 0.416. The Bertz CT molecular complexity index is 1470. The SMILES string of the molecule is CC(C)N(C)C(=O)c1cn(CC2(O)CCN(C(=O)CC(=C(F)F)c3ccccc3)CC2)c(=O)cc1-c1ccccc1. The van der Waals surface area contributed by atoms with Crippen LogP contribution in [0.15, 0.2) is 83.8 Å². The second-order valence-corrected chi connectivity index (χ2v) is 10.8. The summed E-state index contributed by atoms with van der Waals surface area (Å²) in [5, 5.41) is 11.4. The molecule has 2 amide bonds.